The topological polar surface area (TPSA) is 0 Å². The molecule has 0 radical (unpaired) electrons. The molecule has 0 bridgehead atoms. The second kappa shape index (κ2) is 32.3. The Morgan fingerprint density at radius 1 is 0.459 bits per heavy atom. The third-order valence-electron chi connectivity index (χ3n) is 4.79. The zero-order valence-corrected chi connectivity index (χ0v) is 27.1. The molecule has 0 spiro atoms. The van der Waals surface area contributed by atoms with Crippen molar-refractivity contribution in [2.24, 2.45) is 29.6 Å². The van der Waals surface area contributed by atoms with Crippen LogP contribution < -0.4 is 0 Å². The van der Waals surface area contributed by atoms with Gasteiger partial charge in [-0.05, 0) is 32.1 Å². The Morgan fingerprint density at radius 2 is 0.784 bits per heavy atom. The summed E-state index contributed by atoms with van der Waals surface area (Å²) in [5.74, 6) is 28.2. The van der Waals surface area contributed by atoms with Crippen LogP contribution in [-0.4, -0.2) is 0 Å². The molecule has 0 nitrogen and oxygen atoms in total. The molecule has 1 fully saturated rings. The van der Waals surface area contributed by atoms with E-state index in [1.54, 1.807) is 0 Å². The largest absolute Gasteiger partial charge is 0.103 e. The molecule has 0 N–H and O–H groups in total. The number of unbranched alkanes of at least 4 members (excludes halogenated alkanes) is 8. The smallest absolute Gasteiger partial charge is 0.0203 e. The standard InChI is InChI=1S/2C10H18.C9H16.C8H12/c2*1-4-5-6-7-8-9-10(2)3;1-4-5-6-7-8-9(2)3;1-7(2)3-4-8-5-6-8/h2*10H,4-7H2,1-3H3;9H,4-6H2,1-3H3;7-8H,5-6H2,1-2H3. The molecule has 0 unspecified atom stereocenters. The molecule has 0 aromatic rings. The van der Waals surface area contributed by atoms with Crippen LogP contribution in [0.25, 0.3) is 0 Å². The second-order valence-electron chi connectivity index (χ2n) is 11.2. The molecule has 1 rings (SSSR count). The van der Waals surface area contributed by atoms with Gasteiger partial charge in [0.1, 0.15) is 0 Å². The van der Waals surface area contributed by atoms with Crippen LogP contribution >= 0.6 is 0 Å². The van der Waals surface area contributed by atoms with Crippen LogP contribution in [0.15, 0.2) is 0 Å². The summed E-state index contributed by atoms with van der Waals surface area (Å²) in [4.78, 5) is 0. The van der Waals surface area contributed by atoms with Crippen molar-refractivity contribution in [3.05, 3.63) is 0 Å². The second-order valence-corrected chi connectivity index (χ2v) is 11.2. The van der Waals surface area contributed by atoms with E-state index in [9.17, 15) is 0 Å². The Kier molecular flexibility index (Phi) is 34.7. The SMILES string of the molecule is CC(C)C#CC1CC1.CCCCC#CC(C)C.CCCCCC#CC(C)C.CCCCCC#CC(C)C. The van der Waals surface area contributed by atoms with Gasteiger partial charge in [-0.1, -0.05) is 114 Å². The minimum absolute atomic E-state index is 0.543. The summed E-state index contributed by atoms with van der Waals surface area (Å²) >= 11 is 0. The maximum atomic E-state index is 3.21. The maximum absolute atomic E-state index is 3.21. The first kappa shape index (κ1) is 39.7. The van der Waals surface area contributed by atoms with Crippen LogP contribution in [0.5, 0.6) is 0 Å². The highest BCUT2D eigenvalue weighted by atomic mass is 14.2. The summed E-state index contributed by atoms with van der Waals surface area (Å²) in [6, 6.07) is 0. The van der Waals surface area contributed by atoms with Gasteiger partial charge in [0.2, 0.25) is 0 Å². The van der Waals surface area contributed by atoms with E-state index in [0.29, 0.717) is 23.7 Å². The van der Waals surface area contributed by atoms with Gasteiger partial charge in [-0.25, -0.2) is 0 Å². The molecule has 0 saturated heterocycles. The molecule has 0 aliphatic heterocycles. The Balaban J connectivity index is -0.000000418. The van der Waals surface area contributed by atoms with Crippen LogP contribution in [0, 0.1) is 77.0 Å². The van der Waals surface area contributed by atoms with Crippen molar-refractivity contribution in [3.8, 4) is 47.4 Å². The van der Waals surface area contributed by atoms with Crippen LogP contribution in [0.3, 0.4) is 0 Å². The Bertz CT molecular complexity index is 661. The van der Waals surface area contributed by atoms with Crippen LogP contribution in [0.2, 0.25) is 0 Å². The van der Waals surface area contributed by atoms with Gasteiger partial charge < -0.3 is 0 Å². The van der Waals surface area contributed by atoms with Gasteiger partial charge in [0.25, 0.3) is 0 Å². The lowest BCUT2D eigenvalue weighted by molar-refractivity contribution is 0.735. The third kappa shape index (κ3) is 51.7. The lowest BCUT2D eigenvalue weighted by Crippen LogP contribution is -1.78. The van der Waals surface area contributed by atoms with E-state index in [1.165, 1.54) is 64.2 Å². The molecular weight excluding hydrogens is 444 g/mol. The van der Waals surface area contributed by atoms with Gasteiger partial charge in [0, 0.05) is 48.9 Å². The molecular formula is C37H64. The molecule has 0 heterocycles. The van der Waals surface area contributed by atoms with Crippen molar-refractivity contribution >= 4 is 0 Å². The zero-order chi connectivity index (χ0) is 28.7. The Hall–Kier alpha value is -1.76. The van der Waals surface area contributed by atoms with Crippen molar-refractivity contribution in [1.82, 2.24) is 0 Å². The first-order valence-corrected chi connectivity index (χ1v) is 15.6. The lowest BCUT2D eigenvalue weighted by Gasteiger charge is -1.90. The van der Waals surface area contributed by atoms with E-state index in [4.69, 9.17) is 0 Å². The summed E-state index contributed by atoms with van der Waals surface area (Å²) in [6.45, 7) is 23.7. The fourth-order valence-corrected chi connectivity index (χ4v) is 2.53. The molecule has 0 aromatic heterocycles. The summed E-state index contributed by atoms with van der Waals surface area (Å²) < 4.78 is 0. The predicted molar refractivity (Wildman–Crippen MR) is 171 cm³/mol. The molecule has 1 aliphatic carbocycles. The summed E-state index contributed by atoms with van der Waals surface area (Å²) in [5, 5.41) is 0. The van der Waals surface area contributed by atoms with E-state index in [2.05, 4.69) is 124 Å². The van der Waals surface area contributed by atoms with Crippen molar-refractivity contribution in [3.63, 3.8) is 0 Å². The quantitative estimate of drug-likeness (QED) is 0.226. The van der Waals surface area contributed by atoms with Crippen molar-refractivity contribution < 1.29 is 0 Å². The molecule has 0 amide bonds. The lowest BCUT2D eigenvalue weighted by atomic mass is 10.2. The maximum Gasteiger partial charge on any atom is 0.0203 e. The van der Waals surface area contributed by atoms with Gasteiger partial charge in [-0.2, -0.15) is 0 Å². The van der Waals surface area contributed by atoms with Crippen LogP contribution in [0.1, 0.15) is 160 Å². The van der Waals surface area contributed by atoms with Crippen molar-refractivity contribution in [1.29, 1.82) is 0 Å². The monoisotopic (exact) mass is 509 g/mol. The highest BCUT2D eigenvalue weighted by molar-refractivity contribution is 5.10. The summed E-state index contributed by atoms with van der Waals surface area (Å²) in [5.41, 5.74) is 0. The fraction of sp³-hybridized carbons (Fsp3) is 0.784. The minimum atomic E-state index is 0.543. The van der Waals surface area contributed by atoms with E-state index >= 15 is 0 Å². The van der Waals surface area contributed by atoms with Crippen LogP contribution in [0.4, 0.5) is 0 Å². The Morgan fingerprint density at radius 3 is 1.05 bits per heavy atom. The predicted octanol–water partition coefficient (Wildman–Crippen LogP) is 11.3. The molecule has 0 aromatic carbocycles. The average molecular weight is 509 g/mol. The minimum Gasteiger partial charge on any atom is -0.103 e. The van der Waals surface area contributed by atoms with Gasteiger partial charge in [-0.15, -0.1) is 41.4 Å². The summed E-state index contributed by atoms with van der Waals surface area (Å²) in [7, 11) is 0. The van der Waals surface area contributed by atoms with Gasteiger partial charge in [0.05, 0.1) is 0 Å². The third-order valence-corrected chi connectivity index (χ3v) is 4.79. The van der Waals surface area contributed by atoms with Crippen LogP contribution in [-0.2, 0) is 0 Å². The van der Waals surface area contributed by atoms with Gasteiger partial charge in [0.15, 0.2) is 0 Å². The van der Waals surface area contributed by atoms with E-state index in [0.717, 1.165) is 25.2 Å². The molecule has 1 saturated carbocycles. The zero-order valence-electron chi connectivity index (χ0n) is 27.1. The normalized spacial score (nSPS) is 11.0. The number of rotatable bonds is 8. The molecule has 0 heteroatoms. The average Bonchev–Trinajstić information content (AvgIpc) is 3.66. The van der Waals surface area contributed by atoms with E-state index in [1.807, 2.05) is 0 Å². The van der Waals surface area contributed by atoms with Crippen molar-refractivity contribution in [2.45, 2.75) is 160 Å². The highest BCUT2D eigenvalue weighted by Gasteiger charge is 2.17. The summed E-state index contributed by atoms with van der Waals surface area (Å²) in [6.07, 6.45) is 16.2. The highest BCUT2D eigenvalue weighted by Crippen LogP contribution is 2.27. The van der Waals surface area contributed by atoms with Crippen molar-refractivity contribution in [2.75, 3.05) is 0 Å². The van der Waals surface area contributed by atoms with Gasteiger partial charge >= 0.3 is 0 Å². The van der Waals surface area contributed by atoms with E-state index in [-0.39, 0.29) is 0 Å². The molecule has 37 heavy (non-hydrogen) atoms. The number of hydrogen-bond acceptors (Lipinski definition) is 0. The first-order valence-electron chi connectivity index (χ1n) is 15.6. The molecule has 1 aliphatic rings. The fourth-order valence-electron chi connectivity index (χ4n) is 2.53. The number of hydrogen-bond donors (Lipinski definition) is 0. The molecule has 212 valence electrons. The molecule has 0 atom stereocenters. The first-order chi connectivity index (χ1) is 17.6. The van der Waals surface area contributed by atoms with E-state index < -0.39 is 0 Å². The van der Waals surface area contributed by atoms with Gasteiger partial charge in [-0.3, -0.25) is 0 Å². The Labute approximate surface area is 236 Å².